The molecule has 0 saturated carbocycles. The minimum atomic E-state index is -5.04. The highest BCUT2D eigenvalue weighted by molar-refractivity contribution is 5.89. The fourth-order valence-corrected chi connectivity index (χ4v) is 4.00. The summed E-state index contributed by atoms with van der Waals surface area (Å²) in [5.74, 6) is -0.308. The molecule has 5 rings (SSSR count). The van der Waals surface area contributed by atoms with E-state index in [1.807, 2.05) is 0 Å². The Morgan fingerprint density at radius 1 is 1.06 bits per heavy atom. The van der Waals surface area contributed by atoms with Gasteiger partial charge in [-0.3, -0.25) is 0 Å². The van der Waals surface area contributed by atoms with E-state index in [1.165, 1.54) is 72.7 Å². The fraction of sp³-hybridized carbons (Fsp3) is 0.130. The maximum absolute atomic E-state index is 14.4. The summed E-state index contributed by atoms with van der Waals surface area (Å²) in [4.78, 5) is 6.71. The SMILES string of the molecule is COc1nccc2c(C(O)(c3ccc4c(cnn4-c4ccc(F)cc4)c3)C(F)(F)F)c[nH]c12. The quantitative estimate of drug-likeness (QED) is 0.379. The molecule has 0 aliphatic carbocycles. The lowest BCUT2D eigenvalue weighted by atomic mass is 9.85. The van der Waals surface area contributed by atoms with E-state index in [0.717, 1.165) is 6.20 Å². The van der Waals surface area contributed by atoms with Crippen molar-refractivity contribution in [1.29, 1.82) is 0 Å². The zero-order chi connectivity index (χ0) is 23.4. The molecule has 0 spiro atoms. The number of H-pyrrole nitrogens is 1. The third-order valence-corrected chi connectivity index (χ3v) is 5.62. The normalized spacial score (nSPS) is 14.0. The van der Waals surface area contributed by atoms with E-state index in [-0.39, 0.29) is 27.9 Å². The number of hydrogen-bond acceptors (Lipinski definition) is 4. The molecule has 10 heteroatoms. The molecule has 3 heterocycles. The molecule has 0 fully saturated rings. The molecule has 0 aliphatic rings. The highest BCUT2D eigenvalue weighted by Crippen LogP contribution is 2.47. The number of rotatable bonds is 4. The molecule has 0 amide bonds. The van der Waals surface area contributed by atoms with Crippen molar-refractivity contribution in [3.8, 4) is 11.6 Å². The summed E-state index contributed by atoms with van der Waals surface area (Å²) < 4.78 is 63.1. The first kappa shape index (κ1) is 21.0. The van der Waals surface area contributed by atoms with Crippen molar-refractivity contribution < 1.29 is 27.4 Å². The number of methoxy groups -OCH3 is 1. The predicted molar refractivity (Wildman–Crippen MR) is 113 cm³/mol. The van der Waals surface area contributed by atoms with E-state index in [1.54, 1.807) is 0 Å². The van der Waals surface area contributed by atoms with Crippen molar-refractivity contribution in [1.82, 2.24) is 19.7 Å². The fourth-order valence-electron chi connectivity index (χ4n) is 4.00. The van der Waals surface area contributed by atoms with Crippen molar-refractivity contribution in [3.63, 3.8) is 0 Å². The number of aromatic nitrogens is 4. The van der Waals surface area contributed by atoms with Gasteiger partial charge in [-0.1, -0.05) is 6.07 Å². The summed E-state index contributed by atoms with van der Waals surface area (Å²) >= 11 is 0. The van der Waals surface area contributed by atoms with Crippen LogP contribution in [0.25, 0.3) is 27.5 Å². The van der Waals surface area contributed by atoms with Crippen LogP contribution in [0.2, 0.25) is 0 Å². The number of nitrogens with one attached hydrogen (secondary N) is 1. The molecule has 0 bridgehead atoms. The van der Waals surface area contributed by atoms with E-state index in [4.69, 9.17) is 4.74 Å². The van der Waals surface area contributed by atoms with Gasteiger partial charge < -0.3 is 14.8 Å². The summed E-state index contributed by atoms with van der Waals surface area (Å²) in [7, 11) is 1.35. The Hall–Kier alpha value is -3.92. The predicted octanol–water partition coefficient (Wildman–Crippen LogP) is 4.85. The van der Waals surface area contributed by atoms with Gasteiger partial charge in [-0.25, -0.2) is 14.1 Å². The Balaban J connectivity index is 1.69. The van der Waals surface area contributed by atoms with Crippen LogP contribution in [-0.4, -0.2) is 38.1 Å². The van der Waals surface area contributed by atoms with Crippen LogP contribution < -0.4 is 4.74 Å². The summed E-state index contributed by atoms with van der Waals surface area (Å²) in [6, 6.07) is 10.8. The Bertz CT molecular complexity index is 1470. The second-order valence-electron chi connectivity index (χ2n) is 7.46. The Labute approximate surface area is 184 Å². The number of hydrogen-bond donors (Lipinski definition) is 2. The van der Waals surface area contributed by atoms with E-state index >= 15 is 0 Å². The van der Waals surface area contributed by atoms with Crippen LogP contribution in [0.4, 0.5) is 17.6 Å². The lowest BCUT2D eigenvalue weighted by Crippen LogP contribution is -2.43. The third kappa shape index (κ3) is 3.13. The van der Waals surface area contributed by atoms with Gasteiger partial charge in [-0.15, -0.1) is 0 Å². The molecule has 2 aromatic carbocycles. The third-order valence-electron chi connectivity index (χ3n) is 5.62. The van der Waals surface area contributed by atoms with Gasteiger partial charge >= 0.3 is 6.18 Å². The molecular weight excluding hydrogens is 440 g/mol. The Morgan fingerprint density at radius 2 is 1.82 bits per heavy atom. The summed E-state index contributed by atoms with van der Waals surface area (Å²) in [6.45, 7) is 0. The largest absolute Gasteiger partial charge is 0.479 e. The minimum absolute atomic E-state index is 0.110. The van der Waals surface area contributed by atoms with E-state index in [2.05, 4.69) is 15.1 Å². The standard InChI is InChI=1S/C23H16F4N4O2/c1-33-21-20-17(8-9-28-21)18(12-29-20)22(32,23(25,26)27)14-2-7-19-13(10-14)11-30-31(19)16-5-3-15(24)4-6-16/h2-12,29,32H,1H3. The van der Waals surface area contributed by atoms with Gasteiger partial charge in [0.15, 0.2) is 0 Å². The molecule has 0 aliphatic heterocycles. The minimum Gasteiger partial charge on any atom is -0.479 e. The van der Waals surface area contributed by atoms with Crippen LogP contribution in [0.1, 0.15) is 11.1 Å². The van der Waals surface area contributed by atoms with Gasteiger partial charge in [0, 0.05) is 28.7 Å². The van der Waals surface area contributed by atoms with Crippen molar-refractivity contribution in [3.05, 3.63) is 84.1 Å². The average Bonchev–Trinajstić information content (AvgIpc) is 3.42. The second-order valence-corrected chi connectivity index (χ2v) is 7.46. The lowest BCUT2D eigenvalue weighted by Gasteiger charge is -2.31. The smallest absolute Gasteiger partial charge is 0.425 e. The van der Waals surface area contributed by atoms with Crippen LogP contribution in [0.3, 0.4) is 0 Å². The molecule has 168 valence electrons. The summed E-state index contributed by atoms with van der Waals surface area (Å²) in [5.41, 5.74) is -2.79. The molecule has 2 N–H and O–H groups in total. The molecule has 5 aromatic rings. The van der Waals surface area contributed by atoms with Crippen LogP contribution in [0.5, 0.6) is 5.88 Å². The number of pyridine rings is 1. The van der Waals surface area contributed by atoms with Crippen LogP contribution in [-0.2, 0) is 5.60 Å². The van der Waals surface area contributed by atoms with Gasteiger partial charge in [0.1, 0.15) is 11.3 Å². The zero-order valence-electron chi connectivity index (χ0n) is 17.1. The van der Waals surface area contributed by atoms with Gasteiger partial charge in [-0.2, -0.15) is 18.3 Å². The van der Waals surface area contributed by atoms with E-state index in [0.29, 0.717) is 16.6 Å². The van der Waals surface area contributed by atoms with E-state index in [9.17, 15) is 22.7 Å². The van der Waals surface area contributed by atoms with Gasteiger partial charge in [-0.05, 0) is 48.0 Å². The first-order valence-corrected chi connectivity index (χ1v) is 9.78. The monoisotopic (exact) mass is 456 g/mol. The zero-order valence-corrected chi connectivity index (χ0v) is 17.1. The van der Waals surface area contributed by atoms with Gasteiger partial charge in [0.25, 0.3) is 0 Å². The molecule has 3 aromatic heterocycles. The molecule has 1 unspecified atom stereocenters. The van der Waals surface area contributed by atoms with Crippen LogP contribution in [0, 0.1) is 5.82 Å². The molecule has 33 heavy (non-hydrogen) atoms. The molecule has 6 nitrogen and oxygen atoms in total. The number of benzene rings is 2. The van der Waals surface area contributed by atoms with Crippen molar-refractivity contribution in [2.45, 2.75) is 11.8 Å². The number of aromatic amines is 1. The Morgan fingerprint density at radius 3 is 2.52 bits per heavy atom. The van der Waals surface area contributed by atoms with Gasteiger partial charge in [0.2, 0.25) is 11.5 Å². The number of ether oxygens (including phenoxy) is 1. The summed E-state index contributed by atoms with van der Waals surface area (Å²) in [5, 5.41) is 15.9. The molecule has 1 atom stereocenters. The topological polar surface area (TPSA) is 76.0 Å². The number of nitrogens with zero attached hydrogens (tertiary/aromatic N) is 3. The summed E-state index contributed by atoms with van der Waals surface area (Å²) in [6.07, 6.45) is -1.24. The van der Waals surface area contributed by atoms with Crippen LogP contribution >= 0.6 is 0 Å². The van der Waals surface area contributed by atoms with Gasteiger partial charge in [0.05, 0.1) is 24.5 Å². The van der Waals surface area contributed by atoms with Crippen molar-refractivity contribution >= 4 is 21.8 Å². The average molecular weight is 456 g/mol. The van der Waals surface area contributed by atoms with Crippen molar-refractivity contribution in [2.24, 2.45) is 0 Å². The number of aliphatic hydroxyl groups is 1. The maximum atomic E-state index is 14.4. The first-order chi connectivity index (χ1) is 15.7. The number of fused-ring (bicyclic) bond motifs is 2. The first-order valence-electron chi connectivity index (χ1n) is 9.78. The number of alkyl halides is 3. The lowest BCUT2D eigenvalue weighted by molar-refractivity contribution is -0.247. The number of halogens is 4. The second kappa shape index (κ2) is 7.31. The molecular formula is C23H16F4N4O2. The highest BCUT2D eigenvalue weighted by atomic mass is 19.4. The van der Waals surface area contributed by atoms with E-state index < -0.39 is 17.6 Å². The highest BCUT2D eigenvalue weighted by Gasteiger charge is 2.57. The van der Waals surface area contributed by atoms with Crippen LogP contribution in [0.15, 0.2) is 67.1 Å². The molecule has 0 saturated heterocycles. The molecule has 0 radical (unpaired) electrons. The van der Waals surface area contributed by atoms with Crippen molar-refractivity contribution in [2.75, 3.05) is 7.11 Å². The Kier molecular flexibility index (Phi) is 4.64. The maximum Gasteiger partial charge on any atom is 0.425 e.